The molecule has 3 nitrogen and oxygen atoms in total. The van der Waals surface area contributed by atoms with Gasteiger partial charge in [-0.05, 0) is 44.1 Å². The number of aromatic carboxylic acids is 1. The molecular formula is C13H16FNO2S. The summed E-state index contributed by atoms with van der Waals surface area (Å²) in [5.41, 5.74) is 0.139. The molecule has 1 fully saturated rings. The molecule has 1 aromatic rings. The van der Waals surface area contributed by atoms with E-state index in [0.717, 1.165) is 25.4 Å². The lowest BCUT2D eigenvalue weighted by Crippen LogP contribution is -2.21. The predicted molar refractivity (Wildman–Crippen MR) is 69.8 cm³/mol. The molecule has 0 radical (unpaired) electrons. The van der Waals surface area contributed by atoms with Crippen molar-refractivity contribution in [3.05, 3.63) is 29.6 Å². The molecule has 18 heavy (non-hydrogen) atoms. The van der Waals surface area contributed by atoms with Crippen LogP contribution >= 0.6 is 11.8 Å². The Morgan fingerprint density at radius 1 is 1.39 bits per heavy atom. The molecule has 0 bridgehead atoms. The normalized spacial score (nSPS) is 16.1. The van der Waals surface area contributed by atoms with Gasteiger partial charge in [0, 0.05) is 17.2 Å². The Morgan fingerprint density at radius 2 is 2.11 bits per heavy atom. The number of hydrogen-bond donors (Lipinski definition) is 1. The number of thioether (sulfide) groups is 1. The fraction of sp³-hybridized carbons (Fsp3) is 0.462. The van der Waals surface area contributed by atoms with E-state index in [1.165, 1.54) is 42.8 Å². The van der Waals surface area contributed by atoms with Crippen molar-refractivity contribution >= 4 is 17.7 Å². The van der Waals surface area contributed by atoms with Crippen LogP contribution in [-0.2, 0) is 0 Å². The molecule has 1 heterocycles. The first-order chi connectivity index (χ1) is 8.66. The summed E-state index contributed by atoms with van der Waals surface area (Å²) in [7, 11) is 0. The van der Waals surface area contributed by atoms with Gasteiger partial charge < -0.3 is 10.0 Å². The van der Waals surface area contributed by atoms with Gasteiger partial charge in [0.05, 0.1) is 5.56 Å². The maximum atomic E-state index is 13.5. The molecule has 1 saturated heterocycles. The van der Waals surface area contributed by atoms with Crippen molar-refractivity contribution in [2.45, 2.75) is 17.7 Å². The zero-order valence-corrected chi connectivity index (χ0v) is 10.9. The van der Waals surface area contributed by atoms with Crippen LogP contribution in [0, 0.1) is 5.82 Å². The van der Waals surface area contributed by atoms with Crippen LogP contribution in [-0.4, -0.2) is 41.4 Å². The third kappa shape index (κ3) is 3.46. The number of halogens is 1. The minimum atomic E-state index is -1.02. The van der Waals surface area contributed by atoms with Crippen LogP contribution in [0.15, 0.2) is 23.1 Å². The molecule has 0 atom stereocenters. The molecule has 5 heteroatoms. The Morgan fingerprint density at radius 3 is 2.78 bits per heavy atom. The second-order valence-corrected chi connectivity index (χ2v) is 5.48. The SMILES string of the molecule is O=C(O)c1ccc(F)c(SCCN2CCCC2)c1. The number of benzene rings is 1. The van der Waals surface area contributed by atoms with Gasteiger partial charge in [0.2, 0.25) is 0 Å². The summed E-state index contributed by atoms with van der Waals surface area (Å²) in [5.74, 6) is -0.567. The van der Waals surface area contributed by atoms with Crippen molar-refractivity contribution < 1.29 is 14.3 Å². The van der Waals surface area contributed by atoms with Crippen molar-refractivity contribution in [2.75, 3.05) is 25.4 Å². The highest BCUT2D eigenvalue weighted by atomic mass is 32.2. The van der Waals surface area contributed by atoms with Gasteiger partial charge in [-0.3, -0.25) is 0 Å². The number of hydrogen-bond acceptors (Lipinski definition) is 3. The second-order valence-electron chi connectivity index (χ2n) is 4.35. The topological polar surface area (TPSA) is 40.5 Å². The molecule has 0 aliphatic carbocycles. The third-order valence-electron chi connectivity index (χ3n) is 3.04. The highest BCUT2D eigenvalue weighted by Gasteiger charge is 2.12. The highest BCUT2D eigenvalue weighted by Crippen LogP contribution is 2.23. The smallest absolute Gasteiger partial charge is 0.335 e. The van der Waals surface area contributed by atoms with Crippen LogP contribution in [0.3, 0.4) is 0 Å². The van der Waals surface area contributed by atoms with Gasteiger partial charge in [-0.1, -0.05) is 0 Å². The number of carboxylic acid groups (broad SMARTS) is 1. The van der Waals surface area contributed by atoms with Crippen molar-refractivity contribution in [1.82, 2.24) is 4.90 Å². The maximum Gasteiger partial charge on any atom is 0.335 e. The Kier molecular flexibility index (Phi) is 4.60. The van der Waals surface area contributed by atoms with Gasteiger partial charge in [0.15, 0.2) is 0 Å². The molecule has 0 amide bonds. The fourth-order valence-electron chi connectivity index (χ4n) is 2.04. The zero-order chi connectivity index (χ0) is 13.0. The first-order valence-corrected chi connectivity index (χ1v) is 7.03. The third-order valence-corrected chi connectivity index (χ3v) is 4.05. The number of nitrogens with zero attached hydrogens (tertiary/aromatic N) is 1. The summed E-state index contributed by atoms with van der Waals surface area (Å²) < 4.78 is 13.5. The van der Waals surface area contributed by atoms with Crippen molar-refractivity contribution in [3.63, 3.8) is 0 Å². The number of carbonyl (C=O) groups is 1. The van der Waals surface area contributed by atoms with Crippen LogP contribution in [0.5, 0.6) is 0 Å². The molecule has 1 aromatic carbocycles. The molecule has 2 rings (SSSR count). The molecule has 1 aliphatic heterocycles. The number of carboxylic acids is 1. The summed E-state index contributed by atoms with van der Waals surface area (Å²) in [6.07, 6.45) is 2.49. The van der Waals surface area contributed by atoms with Crippen molar-refractivity contribution in [2.24, 2.45) is 0 Å². The van der Waals surface area contributed by atoms with Crippen LogP contribution in [0.2, 0.25) is 0 Å². The average Bonchev–Trinajstić information content (AvgIpc) is 2.84. The predicted octanol–water partition coefficient (Wildman–Crippen LogP) is 2.71. The quantitative estimate of drug-likeness (QED) is 0.834. The average molecular weight is 269 g/mol. The summed E-state index contributed by atoms with van der Waals surface area (Å²) in [4.78, 5) is 13.6. The first-order valence-electron chi connectivity index (χ1n) is 6.05. The van der Waals surface area contributed by atoms with Crippen molar-refractivity contribution in [3.8, 4) is 0 Å². The van der Waals surface area contributed by atoms with Gasteiger partial charge in [0.25, 0.3) is 0 Å². The van der Waals surface area contributed by atoms with Crippen LogP contribution < -0.4 is 0 Å². The first kappa shape index (κ1) is 13.4. The van der Waals surface area contributed by atoms with E-state index in [0.29, 0.717) is 4.90 Å². The van der Waals surface area contributed by atoms with Crippen LogP contribution in [0.1, 0.15) is 23.2 Å². The summed E-state index contributed by atoms with van der Waals surface area (Å²) >= 11 is 1.39. The summed E-state index contributed by atoms with van der Waals surface area (Å²) in [5, 5.41) is 8.86. The van der Waals surface area contributed by atoms with Gasteiger partial charge in [0.1, 0.15) is 5.82 Å². The minimum Gasteiger partial charge on any atom is -0.478 e. The summed E-state index contributed by atoms with van der Waals surface area (Å²) in [6, 6.07) is 3.93. The summed E-state index contributed by atoms with van der Waals surface area (Å²) in [6.45, 7) is 3.18. The zero-order valence-electron chi connectivity index (χ0n) is 10.1. The lowest BCUT2D eigenvalue weighted by Gasteiger charge is -2.13. The Bertz CT molecular complexity index is 433. The maximum absolute atomic E-state index is 13.5. The molecule has 0 saturated carbocycles. The minimum absolute atomic E-state index is 0.139. The second kappa shape index (κ2) is 6.20. The number of likely N-dealkylation sites (tertiary alicyclic amines) is 1. The Labute approximate surface area is 110 Å². The Balaban J connectivity index is 1.91. The monoisotopic (exact) mass is 269 g/mol. The molecule has 1 aliphatic rings. The molecule has 0 unspecified atom stereocenters. The van der Waals surface area contributed by atoms with Gasteiger partial charge in [-0.25, -0.2) is 9.18 Å². The standard InChI is InChI=1S/C13H16FNO2S/c14-11-4-3-10(13(16)17)9-12(11)18-8-7-15-5-1-2-6-15/h3-4,9H,1-2,5-8H2,(H,16,17). The van der Waals surface area contributed by atoms with E-state index in [1.807, 2.05) is 0 Å². The van der Waals surface area contributed by atoms with E-state index in [1.54, 1.807) is 0 Å². The number of rotatable bonds is 5. The van der Waals surface area contributed by atoms with E-state index in [9.17, 15) is 9.18 Å². The molecular weight excluding hydrogens is 253 g/mol. The van der Waals surface area contributed by atoms with Gasteiger partial charge in [-0.15, -0.1) is 11.8 Å². The van der Waals surface area contributed by atoms with E-state index in [2.05, 4.69) is 4.90 Å². The lowest BCUT2D eigenvalue weighted by molar-refractivity contribution is 0.0696. The van der Waals surface area contributed by atoms with Crippen LogP contribution in [0.4, 0.5) is 4.39 Å². The van der Waals surface area contributed by atoms with E-state index >= 15 is 0 Å². The van der Waals surface area contributed by atoms with Crippen molar-refractivity contribution in [1.29, 1.82) is 0 Å². The molecule has 98 valence electrons. The van der Waals surface area contributed by atoms with Gasteiger partial charge in [-0.2, -0.15) is 0 Å². The van der Waals surface area contributed by atoms with E-state index in [-0.39, 0.29) is 11.4 Å². The highest BCUT2D eigenvalue weighted by molar-refractivity contribution is 7.99. The largest absolute Gasteiger partial charge is 0.478 e. The molecule has 0 aromatic heterocycles. The van der Waals surface area contributed by atoms with Gasteiger partial charge >= 0.3 is 5.97 Å². The van der Waals surface area contributed by atoms with Crippen LogP contribution in [0.25, 0.3) is 0 Å². The molecule has 1 N–H and O–H groups in total. The fourth-order valence-corrected chi connectivity index (χ4v) is 3.02. The van der Waals surface area contributed by atoms with E-state index in [4.69, 9.17) is 5.11 Å². The molecule has 0 spiro atoms. The lowest BCUT2D eigenvalue weighted by atomic mass is 10.2. The Hall–Kier alpha value is -1.07. The van der Waals surface area contributed by atoms with E-state index < -0.39 is 5.97 Å².